The van der Waals surface area contributed by atoms with E-state index in [-0.39, 0.29) is 17.7 Å². The fourth-order valence-corrected chi connectivity index (χ4v) is 3.84. The van der Waals surface area contributed by atoms with Gasteiger partial charge in [0.1, 0.15) is 0 Å². The molecule has 1 aromatic heterocycles. The lowest BCUT2D eigenvalue weighted by Gasteiger charge is -2.32. The fraction of sp³-hybridized carbons (Fsp3) is 0.286. The molecule has 4 rings (SSSR count). The summed E-state index contributed by atoms with van der Waals surface area (Å²) in [6, 6.07) is 13.9. The third-order valence-corrected chi connectivity index (χ3v) is 5.17. The normalized spacial score (nSPS) is 17.4. The largest absolute Gasteiger partial charge is 0.359 e. The Morgan fingerprint density at radius 1 is 1.15 bits per heavy atom. The molecule has 5 heteroatoms. The zero-order valence-electron chi connectivity index (χ0n) is 14.7. The van der Waals surface area contributed by atoms with Gasteiger partial charge in [-0.05, 0) is 35.7 Å². The predicted molar refractivity (Wildman–Crippen MR) is 102 cm³/mol. The Hall–Kier alpha value is -2.95. The van der Waals surface area contributed by atoms with Crippen molar-refractivity contribution < 1.29 is 9.59 Å². The number of carbonyl (C=O) groups excluding carboxylic acids is 2. The standard InChI is InChI=1S/C21H21N3O2/c1-22-20(25)15-7-5-11-24(13-15)21(26)18-12-14-6-2-3-8-16(14)17-9-4-10-23-19(17)18/h2-4,6,8-10,12,15H,5,7,11,13H2,1H3,(H,22,25)/t15-/m1/s1. The van der Waals surface area contributed by atoms with Gasteiger partial charge in [0.05, 0.1) is 17.0 Å². The van der Waals surface area contributed by atoms with Crippen LogP contribution in [0.4, 0.5) is 0 Å². The van der Waals surface area contributed by atoms with Crippen LogP contribution >= 0.6 is 0 Å². The third-order valence-electron chi connectivity index (χ3n) is 5.17. The van der Waals surface area contributed by atoms with Crippen LogP contribution in [-0.2, 0) is 4.79 Å². The molecule has 0 saturated carbocycles. The van der Waals surface area contributed by atoms with Gasteiger partial charge >= 0.3 is 0 Å². The van der Waals surface area contributed by atoms with Crippen molar-refractivity contribution >= 4 is 33.5 Å². The fourth-order valence-electron chi connectivity index (χ4n) is 3.84. The number of pyridine rings is 1. The molecule has 0 radical (unpaired) electrons. The number of amides is 2. The number of benzene rings is 2. The molecule has 1 N–H and O–H groups in total. The van der Waals surface area contributed by atoms with Crippen LogP contribution in [0.5, 0.6) is 0 Å². The van der Waals surface area contributed by atoms with Crippen LogP contribution in [0.15, 0.2) is 48.7 Å². The molecule has 1 aliphatic rings. The van der Waals surface area contributed by atoms with Gasteiger partial charge in [-0.2, -0.15) is 0 Å². The van der Waals surface area contributed by atoms with E-state index in [1.807, 2.05) is 36.4 Å². The van der Waals surface area contributed by atoms with Crippen LogP contribution in [-0.4, -0.2) is 41.8 Å². The molecule has 0 unspecified atom stereocenters. The number of rotatable bonds is 2. The first-order chi connectivity index (χ1) is 12.7. The first-order valence-corrected chi connectivity index (χ1v) is 8.96. The highest BCUT2D eigenvalue weighted by Gasteiger charge is 2.29. The van der Waals surface area contributed by atoms with Crippen molar-refractivity contribution in [2.75, 3.05) is 20.1 Å². The van der Waals surface area contributed by atoms with Crippen LogP contribution in [0.2, 0.25) is 0 Å². The second-order valence-corrected chi connectivity index (χ2v) is 6.75. The van der Waals surface area contributed by atoms with E-state index in [2.05, 4.69) is 16.4 Å². The number of nitrogens with zero attached hydrogens (tertiary/aromatic N) is 2. The van der Waals surface area contributed by atoms with Gasteiger partial charge in [0.2, 0.25) is 5.91 Å². The molecule has 26 heavy (non-hydrogen) atoms. The molecule has 0 aliphatic carbocycles. The Balaban J connectivity index is 1.77. The summed E-state index contributed by atoms with van der Waals surface area (Å²) in [7, 11) is 1.64. The average molecular weight is 347 g/mol. The highest BCUT2D eigenvalue weighted by molar-refractivity contribution is 6.15. The number of hydrogen-bond donors (Lipinski definition) is 1. The molecule has 2 aromatic carbocycles. The maximum Gasteiger partial charge on any atom is 0.256 e. The molecule has 132 valence electrons. The van der Waals surface area contributed by atoms with Gasteiger partial charge in [-0.1, -0.05) is 30.3 Å². The average Bonchev–Trinajstić information content (AvgIpc) is 2.72. The Kier molecular flexibility index (Phi) is 4.29. The van der Waals surface area contributed by atoms with Crippen LogP contribution in [0, 0.1) is 5.92 Å². The minimum Gasteiger partial charge on any atom is -0.359 e. The summed E-state index contributed by atoms with van der Waals surface area (Å²) >= 11 is 0. The molecule has 1 fully saturated rings. The number of likely N-dealkylation sites (tertiary alicyclic amines) is 1. The van der Waals surface area contributed by atoms with Crippen molar-refractivity contribution in [2.45, 2.75) is 12.8 Å². The Morgan fingerprint density at radius 2 is 1.96 bits per heavy atom. The number of piperidine rings is 1. The summed E-state index contributed by atoms with van der Waals surface area (Å²) < 4.78 is 0. The third kappa shape index (κ3) is 2.79. The molecule has 3 aromatic rings. The Labute approximate surface area is 152 Å². The molecule has 2 heterocycles. The van der Waals surface area contributed by atoms with Crippen LogP contribution in [0.3, 0.4) is 0 Å². The Morgan fingerprint density at radius 3 is 2.81 bits per heavy atom. The van der Waals surface area contributed by atoms with E-state index in [0.29, 0.717) is 18.7 Å². The van der Waals surface area contributed by atoms with Gasteiger partial charge in [-0.3, -0.25) is 14.6 Å². The van der Waals surface area contributed by atoms with Crippen molar-refractivity contribution in [3.05, 3.63) is 54.2 Å². The highest BCUT2D eigenvalue weighted by atomic mass is 16.2. The SMILES string of the molecule is CNC(=O)[C@@H]1CCCN(C(=O)c2cc3ccccc3c3cccnc23)C1. The summed E-state index contributed by atoms with van der Waals surface area (Å²) in [4.78, 5) is 31.5. The second kappa shape index (κ2) is 6.75. The van der Waals surface area contributed by atoms with Crippen LogP contribution < -0.4 is 5.32 Å². The lowest BCUT2D eigenvalue weighted by molar-refractivity contribution is -0.125. The summed E-state index contributed by atoms with van der Waals surface area (Å²) in [6.07, 6.45) is 3.38. The van der Waals surface area contributed by atoms with E-state index >= 15 is 0 Å². The predicted octanol–water partition coefficient (Wildman–Crippen LogP) is 2.99. The maximum atomic E-state index is 13.3. The van der Waals surface area contributed by atoms with Crippen molar-refractivity contribution in [2.24, 2.45) is 5.92 Å². The first-order valence-electron chi connectivity index (χ1n) is 8.96. The molecule has 0 spiro atoms. The monoisotopic (exact) mass is 347 g/mol. The first kappa shape index (κ1) is 16.5. The van der Waals surface area contributed by atoms with E-state index < -0.39 is 0 Å². The lowest BCUT2D eigenvalue weighted by Crippen LogP contribution is -2.44. The zero-order valence-corrected chi connectivity index (χ0v) is 14.7. The lowest BCUT2D eigenvalue weighted by atomic mass is 9.95. The summed E-state index contributed by atoms with van der Waals surface area (Å²) in [5, 5.41) is 5.79. The smallest absolute Gasteiger partial charge is 0.256 e. The molecule has 1 atom stereocenters. The molecule has 1 aliphatic heterocycles. The quantitative estimate of drug-likeness (QED) is 0.725. The van der Waals surface area contributed by atoms with Crippen molar-refractivity contribution in [3.63, 3.8) is 0 Å². The van der Waals surface area contributed by atoms with E-state index in [0.717, 1.165) is 34.5 Å². The molecule has 0 bridgehead atoms. The van der Waals surface area contributed by atoms with Crippen LogP contribution in [0.1, 0.15) is 23.2 Å². The topological polar surface area (TPSA) is 62.3 Å². The summed E-state index contributed by atoms with van der Waals surface area (Å²) in [5.41, 5.74) is 1.33. The van der Waals surface area contributed by atoms with E-state index in [1.165, 1.54) is 0 Å². The maximum absolute atomic E-state index is 13.3. The van der Waals surface area contributed by atoms with Gasteiger partial charge in [-0.25, -0.2) is 0 Å². The van der Waals surface area contributed by atoms with Gasteiger partial charge in [0.25, 0.3) is 5.91 Å². The van der Waals surface area contributed by atoms with Gasteiger partial charge < -0.3 is 10.2 Å². The minimum atomic E-state index is -0.141. The van der Waals surface area contributed by atoms with E-state index in [1.54, 1.807) is 18.1 Å². The zero-order chi connectivity index (χ0) is 18.1. The molecular formula is C21H21N3O2. The Bertz CT molecular complexity index is 999. The van der Waals surface area contributed by atoms with E-state index in [9.17, 15) is 9.59 Å². The molecule has 2 amide bonds. The van der Waals surface area contributed by atoms with Gasteiger partial charge in [0, 0.05) is 31.7 Å². The molecular weight excluding hydrogens is 326 g/mol. The number of nitrogens with one attached hydrogen (secondary N) is 1. The number of carbonyl (C=O) groups is 2. The van der Waals surface area contributed by atoms with Gasteiger partial charge in [0.15, 0.2) is 0 Å². The van der Waals surface area contributed by atoms with Crippen molar-refractivity contribution in [1.29, 1.82) is 0 Å². The van der Waals surface area contributed by atoms with Crippen LogP contribution in [0.25, 0.3) is 21.7 Å². The van der Waals surface area contributed by atoms with Gasteiger partial charge in [-0.15, -0.1) is 0 Å². The summed E-state index contributed by atoms with van der Waals surface area (Å²) in [6.45, 7) is 1.13. The second-order valence-electron chi connectivity index (χ2n) is 6.75. The van der Waals surface area contributed by atoms with Crippen molar-refractivity contribution in [3.8, 4) is 0 Å². The minimum absolute atomic E-state index is 0.00370. The highest BCUT2D eigenvalue weighted by Crippen LogP contribution is 2.29. The molecule has 5 nitrogen and oxygen atoms in total. The number of fused-ring (bicyclic) bond motifs is 3. The number of aromatic nitrogens is 1. The summed E-state index contributed by atoms with van der Waals surface area (Å²) in [5.74, 6) is -0.186. The van der Waals surface area contributed by atoms with E-state index in [4.69, 9.17) is 0 Å². The number of hydrogen-bond acceptors (Lipinski definition) is 3. The van der Waals surface area contributed by atoms with Crippen molar-refractivity contribution in [1.82, 2.24) is 15.2 Å². The molecule has 1 saturated heterocycles.